The number of hydrogen-bond acceptors (Lipinski definition) is 2. The molecule has 0 fully saturated rings. The molecule has 1 heterocycles. The molecule has 1 aliphatic heterocycles. The van der Waals surface area contributed by atoms with Crippen molar-refractivity contribution in [3.63, 3.8) is 0 Å². The predicted molar refractivity (Wildman–Crippen MR) is 29.6 cm³/mol. The maximum atomic E-state index is 10.6. The van der Waals surface area contributed by atoms with E-state index in [2.05, 4.69) is 6.58 Å². The van der Waals surface area contributed by atoms with Gasteiger partial charge >= 0.3 is 29.6 Å². The minimum absolute atomic E-state index is 0. The maximum absolute atomic E-state index is 10.6. The van der Waals surface area contributed by atoms with Gasteiger partial charge in [-0.1, -0.05) is 12.7 Å². The summed E-state index contributed by atoms with van der Waals surface area (Å²) in [6.45, 7) is 4.29. The maximum Gasteiger partial charge on any atom is 1.00 e. The van der Waals surface area contributed by atoms with Gasteiger partial charge in [0, 0.05) is 6.54 Å². The Bertz CT molecular complexity index is 133. The molecule has 0 aromatic carbocycles. The van der Waals surface area contributed by atoms with Crippen molar-refractivity contribution < 1.29 is 34.7 Å². The van der Waals surface area contributed by atoms with E-state index in [0.29, 0.717) is 0 Å². The van der Waals surface area contributed by atoms with Gasteiger partial charge in [-0.3, -0.25) is 0 Å². The van der Waals surface area contributed by atoms with Crippen LogP contribution in [0.2, 0.25) is 0 Å². The average Bonchev–Trinajstić information content (AvgIpc) is 2.14. The first-order chi connectivity index (χ1) is 3.84. The molecule has 2 nitrogen and oxygen atoms in total. The Morgan fingerprint density at radius 2 is 2.44 bits per heavy atom. The van der Waals surface area contributed by atoms with Crippen LogP contribution >= 0.6 is 0 Å². The van der Waals surface area contributed by atoms with Crippen LogP contribution in [-0.2, 0) is 0 Å². The monoisotopic (exact) mass is 133 g/mol. The molecule has 0 atom stereocenters. The van der Waals surface area contributed by atoms with Crippen LogP contribution in [0.5, 0.6) is 0 Å². The van der Waals surface area contributed by atoms with E-state index in [1.54, 1.807) is 17.2 Å². The van der Waals surface area contributed by atoms with Gasteiger partial charge in [0.1, 0.15) is 0 Å². The Balaban J connectivity index is 0.000000640. The summed E-state index contributed by atoms with van der Waals surface area (Å²) in [5.74, 6) is 0.0833. The molecule has 44 valence electrons. The van der Waals surface area contributed by atoms with Crippen molar-refractivity contribution in [1.82, 2.24) is 4.90 Å². The molecule has 0 saturated carbocycles. The zero-order valence-corrected chi connectivity index (χ0v) is 7.63. The van der Waals surface area contributed by atoms with Gasteiger partial charge in [0.25, 0.3) is 0 Å². The summed E-state index contributed by atoms with van der Waals surface area (Å²) in [5.41, 5.74) is 0. The normalized spacial score (nSPS) is 16.4. The predicted octanol–water partition coefficient (Wildman–Crippen LogP) is -2.96. The average molecular weight is 133 g/mol. The zero-order chi connectivity index (χ0) is 5.98. The summed E-state index contributed by atoms with van der Waals surface area (Å²) in [7, 11) is 0. The fourth-order valence-corrected chi connectivity index (χ4v) is 0.736. The molecule has 1 aliphatic rings. The number of hydrogen-bond donors (Lipinski definition) is 0. The topological polar surface area (TPSA) is 26.3 Å². The van der Waals surface area contributed by atoms with E-state index >= 15 is 0 Å². The standard InChI is InChI=1S/C6H9NO.Na/c1-2-7-5-3-4-6(7)8;/h2,4,8H,1,3,5H2;/q;+1/p-1. The van der Waals surface area contributed by atoms with Crippen molar-refractivity contribution in [3.05, 3.63) is 24.7 Å². The Labute approximate surface area is 77.1 Å². The Morgan fingerprint density at radius 3 is 2.67 bits per heavy atom. The molecule has 0 aromatic heterocycles. The van der Waals surface area contributed by atoms with Crippen molar-refractivity contribution in [3.8, 4) is 0 Å². The van der Waals surface area contributed by atoms with E-state index in [4.69, 9.17) is 0 Å². The number of rotatable bonds is 1. The van der Waals surface area contributed by atoms with Crippen LogP contribution in [0.1, 0.15) is 6.42 Å². The van der Waals surface area contributed by atoms with Gasteiger partial charge in [0.2, 0.25) is 0 Å². The Hall–Kier alpha value is 0.0800. The van der Waals surface area contributed by atoms with Gasteiger partial charge in [-0.15, -0.1) is 0 Å². The SMILES string of the molecule is C=CN1CCC=C1[O-].[Na+]. The molecule has 0 aliphatic carbocycles. The second-order valence-electron chi connectivity index (χ2n) is 1.71. The summed E-state index contributed by atoms with van der Waals surface area (Å²) in [5, 5.41) is 10.6. The Kier molecular flexibility index (Phi) is 4.02. The molecule has 0 saturated heterocycles. The van der Waals surface area contributed by atoms with E-state index in [9.17, 15) is 5.11 Å². The van der Waals surface area contributed by atoms with Gasteiger partial charge < -0.3 is 10.0 Å². The first-order valence-corrected chi connectivity index (χ1v) is 2.61. The summed E-state index contributed by atoms with van der Waals surface area (Å²) in [6.07, 6.45) is 4.10. The van der Waals surface area contributed by atoms with Crippen LogP contribution in [0, 0.1) is 0 Å². The second kappa shape index (κ2) is 3.99. The molecule has 0 bridgehead atoms. The minimum atomic E-state index is 0. The van der Waals surface area contributed by atoms with Crippen LogP contribution in [0.25, 0.3) is 0 Å². The third-order valence-corrected chi connectivity index (χ3v) is 1.19. The zero-order valence-electron chi connectivity index (χ0n) is 5.63. The molecule has 9 heavy (non-hydrogen) atoms. The van der Waals surface area contributed by atoms with Crippen molar-refractivity contribution >= 4 is 0 Å². The van der Waals surface area contributed by atoms with Gasteiger partial charge in [-0.2, -0.15) is 0 Å². The fourth-order valence-electron chi connectivity index (χ4n) is 0.736. The minimum Gasteiger partial charge on any atom is -0.860 e. The summed E-state index contributed by atoms with van der Waals surface area (Å²) in [4.78, 5) is 1.60. The molecule has 0 N–H and O–H groups in total. The van der Waals surface area contributed by atoms with Gasteiger partial charge in [0.15, 0.2) is 0 Å². The molecule has 0 radical (unpaired) electrons. The molecule has 1 rings (SSSR count). The summed E-state index contributed by atoms with van der Waals surface area (Å²) in [6, 6.07) is 0. The molecular formula is C6H8NNaO. The van der Waals surface area contributed by atoms with E-state index in [1.807, 2.05) is 0 Å². The van der Waals surface area contributed by atoms with Gasteiger partial charge in [-0.05, 0) is 18.5 Å². The third kappa shape index (κ3) is 2.05. The van der Waals surface area contributed by atoms with E-state index in [1.165, 1.54) is 0 Å². The van der Waals surface area contributed by atoms with E-state index in [-0.39, 0.29) is 35.4 Å². The molecule has 0 unspecified atom stereocenters. The summed E-state index contributed by atoms with van der Waals surface area (Å²) < 4.78 is 0. The van der Waals surface area contributed by atoms with Gasteiger partial charge in [-0.25, -0.2) is 0 Å². The first kappa shape index (κ1) is 9.08. The molecule has 0 spiro atoms. The van der Waals surface area contributed by atoms with Crippen LogP contribution in [0.4, 0.5) is 0 Å². The quantitative estimate of drug-likeness (QED) is 0.357. The van der Waals surface area contributed by atoms with E-state index in [0.717, 1.165) is 13.0 Å². The first-order valence-electron chi connectivity index (χ1n) is 2.61. The summed E-state index contributed by atoms with van der Waals surface area (Å²) >= 11 is 0. The Morgan fingerprint density at radius 1 is 1.78 bits per heavy atom. The van der Waals surface area contributed by atoms with Crippen molar-refractivity contribution in [2.24, 2.45) is 0 Å². The second-order valence-corrected chi connectivity index (χ2v) is 1.71. The molecule has 0 aromatic rings. The molecular weight excluding hydrogens is 125 g/mol. The van der Waals surface area contributed by atoms with E-state index < -0.39 is 0 Å². The number of nitrogens with zero attached hydrogens (tertiary/aromatic N) is 1. The smallest absolute Gasteiger partial charge is 0.860 e. The van der Waals surface area contributed by atoms with Crippen molar-refractivity contribution in [2.45, 2.75) is 6.42 Å². The molecule has 3 heteroatoms. The van der Waals surface area contributed by atoms with Gasteiger partial charge in [0.05, 0.1) is 0 Å². The van der Waals surface area contributed by atoms with Crippen LogP contribution in [-0.4, -0.2) is 11.4 Å². The van der Waals surface area contributed by atoms with Crippen LogP contribution in [0.3, 0.4) is 0 Å². The van der Waals surface area contributed by atoms with Crippen molar-refractivity contribution in [2.75, 3.05) is 6.54 Å². The third-order valence-electron chi connectivity index (χ3n) is 1.19. The van der Waals surface area contributed by atoms with Crippen molar-refractivity contribution in [1.29, 1.82) is 0 Å². The van der Waals surface area contributed by atoms with Crippen LogP contribution < -0.4 is 34.7 Å². The largest absolute Gasteiger partial charge is 1.00 e. The van der Waals surface area contributed by atoms with Crippen LogP contribution in [0.15, 0.2) is 24.7 Å². The molecule has 0 amide bonds. The fraction of sp³-hybridized carbons (Fsp3) is 0.333.